The van der Waals surface area contributed by atoms with Gasteiger partial charge in [-0.25, -0.2) is 4.39 Å². The van der Waals surface area contributed by atoms with Crippen molar-refractivity contribution in [2.24, 2.45) is 5.92 Å². The van der Waals surface area contributed by atoms with Crippen molar-refractivity contribution in [2.45, 2.75) is 51.1 Å². The molecular formula is C29H30FN5O3. The molecule has 2 aromatic carbocycles. The molecule has 1 unspecified atom stereocenters. The Morgan fingerprint density at radius 3 is 2.68 bits per heavy atom. The molecule has 3 amide bonds. The van der Waals surface area contributed by atoms with Crippen LogP contribution in [0.1, 0.15) is 49.7 Å². The fourth-order valence-electron chi connectivity index (χ4n) is 5.88. The number of rotatable bonds is 6. The quantitative estimate of drug-likeness (QED) is 0.513. The van der Waals surface area contributed by atoms with Crippen LogP contribution in [0, 0.1) is 23.1 Å². The number of hydrogen-bond acceptors (Lipinski definition) is 4. The van der Waals surface area contributed by atoms with Crippen molar-refractivity contribution < 1.29 is 18.8 Å². The third-order valence-corrected chi connectivity index (χ3v) is 7.71. The molecule has 1 spiro atoms. The Balaban J connectivity index is 1.49. The highest BCUT2D eigenvalue weighted by molar-refractivity contribution is 6.07. The largest absolute Gasteiger partial charge is 0.350 e. The molecule has 8 nitrogen and oxygen atoms in total. The number of likely N-dealkylation sites (tertiary alicyclic amines) is 1. The number of carbonyl (C=O) groups excluding carboxylic acids is 3. The molecule has 2 N–H and O–H groups in total. The Bertz CT molecular complexity index is 1470. The molecule has 5 rings (SSSR count). The van der Waals surface area contributed by atoms with Gasteiger partial charge in [0, 0.05) is 36.1 Å². The Morgan fingerprint density at radius 1 is 1.24 bits per heavy atom. The van der Waals surface area contributed by atoms with Crippen LogP contribution >= 0.6 is 0 Å². The first-order valence-electron chi connectivity index (χ1n) is 12.9. The topological polar surface area (TPSA) is 109 Å². The van der Waals surface area contributed by atoms with Crippen molar-refractivity contribution in [3.8, 4) is 6.07 Å². The molecular weight excluding hydrogens is 485 g/mol. The van der Waals surface area contributed by atoms with Gasteiger partial charge in [0.15, 0.2) is 0 Å². The first kappa shape index (κ1) is 25.5. The summed E-state index contributed by atoms with van der Waals surface area (Å²) in [5.41, 5.74) is 1.15. The highest BCUT2D eigenvalue weighted by atomic mass is 19.1. The van der Waals surface area contributed by atoms with E-state index in [2.05, 4.69) is 16.4 Å². The van der Waals surface area contributed by atoms with Crippen LogP contribution in [0.5, 0.6) is 0 Å². The summed E-state index contributed by atoms with van der Waals surface area (Å²) in [5.74, 6) is -1.38. The number of fused-ring (bicyclic) bond motifs is 3. The van der Waals surface area contributed by atoms with Gasteiger partial charge >= 0.3 is 0 Å². The molecule has 1 saturated heterocycles. The van der Waals surface area contributed by atoms with E-state index >= 15 is 0 Å². The summed E-state index contributed by atoms with van der Waals surface area (Å²) >= 11 is 0. The lowest BCUT2D eigenvalue weighted by Crippen LogP contribution is -2.53. The van der Waals surface area contributed by atoms with Crippen molar-refractivity contribution in [1.82, 2.24) is 14.8 Å². The molecule has 1 aromatic heterocycles. The number of halogens is 1. The van der Waals surface area contributed by atoms with Crippen LogP contribution < -0.4 is 5.32 Å². The highest BCUT2D eigenvalue weighted by Gasteiger charge is 2.56. The van der Waals surface area contributed by atoms with Crippen LogP contribution in [-0.4, -0.2) is 57.7 Å². The summed E-state index contributed by atoms with van der Waals surface area (Å²) in [5, 5.41) is 13.2. The second-order valence-electron chi connectivity index (χ2n) is 10.5. The summed E-state index contributed by atoms with van der Waals surface area (Å²) in [6.45, 7) is 6.01. The molecule has 1 fully saturated rings. The third-order valence-electron chi connectivity index (χ3n) is 7.71. The second-order valence-corrected chi connectivity index (χ2v) is 10.5. The molecule has 0 aliphatic carbocycles. The molecule has 3 aromatic rings. The molecule has 3 atom stereocenters. The van der Waals surface area contributed by atoms with Gasteiger partial charge in [-0.2, -0.15) is 5.26 Å². The van der Waals surface area contributed by atoms with Gasteiger partial charge in [0.2, 0.25) is 11.8 Å². The number of nitrogens with one attached hydrogen (secondary N) is 2. The molecule has 38 heavy (non-hydrogen) atoms. The van der Waals surface area contributed by atoms with E-state index in [9.17, 15) is 24.0 Å². The van der Waals surface area contributed by atoms with Crippen molar-refractivity contribution in [1.29, 1.82) is 5.26 Å². The van der Waals surface area contributed by atoms with Crippen LogP contribution in [0.25, 0.3) is 10.9 Å². The van der Waals surface area contributed by atoms with Crippen molar-refractivity contribution in [3.63, 3.8) is 0 Å². The monoisotopic (exact) mass is 515 g/mol. The summed E-state index contributed by atoms with van der Waals surface area (Å²) in [4.78, 5) is 46.9. The smallest absolute Gasteiger partial charge is 0.270 e. The number of amides is 3. The Hall–Kier alpha value is -4.19. The number of carbonyl (C=O) groups is 3. The number of benzene rings is 2. The van der Waals surface area contributed by atoms with Gasteiger partial charge in [-0.3, -0.25) is 14.4 Å². The van der Waals surface area contributed by atoms with Gasteiger partial charge < -0.3 is 20.1 Å². The average Bonchev–Trinajstić information content (AvgIpc) is 3.58. The lowest BCUT2D eigenvalue weighted by molar-refractivity contribution is -0.137. The fourth-order valence-corrected chi connectivity index (χ4v) is 5.88. The van der Waals surface area contributed by atoms with Crippen molar-refractivity contribution >= 4 is 34.3 Å². The SMILES string of the molecule is CCN(C(=O)c1cc2c(F)cccc2[nH]1)[C@@H](CC(C)C)C(=O)N1C[C@]2(CC1C#N)C(=O)Nc1ccccc12. The highest BCUT2D eigenvalue weighted by Crippen LogP contribution is 2.46. The average molecular weight is 516 g/mol. The number of nitriles is 1. The van der Waals surface area contributed by atoms with Gasteiger partial charge in [-0.1, -0.05) is 38.1 Å². The summed E-state index contributed by atoms with van der Waals surface area (Å²) in [6.07, 6.45) is 0.561. The van der Waals surface area contributed by atoms with Gasteiger partial charge in [0.1, 0.15) is 23.6 Å². The van der Waals surface area contributed by atoms with Gasteiger partial charge in [-0.05, 0) is 49.1 Å². The van der Waals surface area contributed by atoms with Crippen LogP contribution in [0.2, 0.25) is 0 Å². The minimum atomic E-state index is -1.01. The van der Waals surface area contributed by atoms with Crippen LogP contribution in [-0.2, 0) is 15.0 Å². The number of hydrogen-bond donors (Lipinski definition) is 2. The van der Waals surface area contributed by atoms with E-state index in [4.69, 9.17) is 0 Å². The van der Waals surface area contributed by atoms with E-state index in [0.29, 0.717) is 23.0 Å². The Morgan fingerprint density at radius 2 is 2.00 bits per heavy atom. The molecule has 2 aliphatic heterocycles. The van der Waals surface area contributed by atoms with Crippen LogP contribution in [0.3, 0.4) is 0 Å². The standard InChI is InChI=1S/C29H30FN5O3/c1-4-34(26(36)24-13-19-21(30)9-7-11-22(19)32-24)25(12-17(2)3)27(37)35-16-29(14-18(35)15-31)20-8-5-6-10-23(20)33-28(29)38/h5-11,13,17-18,25,32H,4,12,14,16H2,1-3H3,(H,33,38)/t18?,25-,29-/m0/s1. The predicted octanol–water partition coefficient (Wildman–Crippen LogP) is 4.20. The zero-order valence-electron chi connectivity index (χ0n) is 21.6. The third kappa shape index (κ3) is 4.01. The van der Waals surface area contributed by atoms with Crippen LogP contribution in [0.4, 0.5) is 10.1 Å². The maximum atomic E-state index is 14.3. The van der Waals surface area contributed by atoms with Gasteiger partial charge in [0.25, 0.3) is 5.91 Å². The molecule has 3 heterocycles. The lowest BCUT2D eigenvalue weighted by Gasteiger charge is -2.34. The lowest BCUT2D eigenvalue weighted by atomic mass is 9.80. The summed E-state index contributed by atoms with van der Waals surface area (Å²) in [7, 11) is 0. The molecule has 0 saturated carbocycles. The zero-order chi connectivity index (χ0) is 27.2. The molecule has 0 radical (unpaired) electrons. The molecule has 9 heteroatoms. The van der Waals surface area contributed by atoms with E-state index in [-0.39, 0.29) is 42.9 Å². The molecule has 2 aliphatic rings. The number of H-pyrrole nitrogens is 1. The van der Waals surface area contributed by atoms with Crippen molar-refractivity contribution in [3.05, 3.63) is 65.6 Å². The second kappa shape index (κ2) is 9.60. The van der Waals surface area contributed by atoms with E-state index < -0.39 is 29.2 Å². The predicted molar refractivity (Wildman–Crippen MR) is 141 cm³/mol. The van der Waals surface area contributed by atoms with E-state index in [0.717, 1.165) is 5.56 Å². The van der Waals surface area contributed by atoms with E-state index in [1.165, 1.54) is 21.9 Å². The Kier molecular flexibility index (Phi) is 6.43. The maximum Gasteiger partial charge on any atom is 0.270 e. The number of aromatic nitrogens is 1. The molecule has 196 valence electrons. The molecule has 0 bridgehead atoms. The summed E-state index contributed by atoms with van der Waals surface area (Å²) in [6, 6.07) is 13.9. The Labute approximate surface area is 220 Å². The fraction of sp³-hybridized carbons (Fsp3) is 0.379. The minimum absolute atomic E-state index is 0.0604. The normalized spacial score (nSPS) is 21.0. The van der Waals surface area contributed by atoms with Gasteiger partial charge in [0.05, 0.1) is 11.5 Å². The number of nitrogens with zero attached hydrogens (tertiary/aromatic N) is 3. The number of para-hydroxylation sites is 1. The first-order chi connectivity index (χ1) is 18.2. The first-order valence-corrected chi connectivity index (χ1v) is 12.9. The van der Waals surface area contributed by atoms with Crippen molar-refractivity contribution in [2.75, 3.05) is 18.4 Å². The minimum Gasteiger partial charge on any atom is -0.350 e. The summed E-state index contributed by atoms with van der Waals surface area (Å²) < 4.78 is 14.3. The number of anilines is 1. The number of likely N-dealkylation sites (N-methyl/N-ethyl adjacent to an activating group) is 1. The maximum absolute atomic E-state index is 14.3. The van der Waals surface area contributed by atoms with Crippen LogP contribution in [0.15, 0.2) is 48.5 Å². The van der Waals surface area contributed by atoms with E-state index in [1.54, 1.807) is 19.1 Å². The zero-order valence-corrected chi connectivity index (χ0v) is 21.6. The van der Waals surface area contributed by atoms with E-state index in [1.807, 2.05) is 38.1 Å². The number of aromatic amines is 1. The van der Waals surface area contributed by atoms with Gasteiger partial charge in [-0.15, -0.1) is 0 Å².